The van der Waals surface area contributed by atoms with Crippen LogP contribution in [0.4, 0.5) is 17.1 Å². The van der Waals surface area contributed by atoms with Gasteiger partial charge in [0.15, 0.2) is 0 Å². The second-order valence-electron chi connectivity index (χ2n) is 17.6. The highest BCUT2D eigenvalue weighted by molar-refractivity contribution is 6.09. The number of nitrogens with zero attached hydrogens (tertiary/aromatic N) is 1. The summed E-state index contributed by atoms with van der Waals surface area (Å²) < 4.78 is 6.75. The number of benzene rings is 10. The minimum Gasteiger partial charge on any atom is -0.460 e. The zero-order chi connectivity index (χ0) is 43.6. The standard InChI is InChI=1S/C64H43NO/c1-2-13-49-40-50(26-24-42(49)10-1)45-22-20-43(21-23-45)44-28-34-53(35-29-44)65(54-36-30-46(31-37-54)51-33-38-56-52(41-51)27-25-47-11-3-5-14-55(47)56)61-18-8-7-16-58(61)59-17-9-19-62-63(59)60-39-32-48-12-4-6-15-57(48)64(60)66-62/h1-41,48,57H. The number of rotatable bonds is 7. The van der Waals surface area contributed by atoms with Gasteiger partial charge in [0, 0.05) is 39.7 Å². The van der Waals surface area contributed by atoms with Crippen LogP contribution in [-0.2, 0) is 0 Å². The monoisotopic (exact) mass is 841 g/mol. The summed E-state index contributed by atoms with van der Waals surface area (Å²) in [5.41, 5.74) is 14.8. The van der Waals surface area contributed by atoms with E-state index in [-0.39, 0.29) is 5.92 Å². The van der Waals surface area contributed by atoms with Gasteiger partial charge >= 0.3 is 0 Å². The van der Waals surface area contributed by atoms with Crippen LogP contribution in [0.5, 0.6) is 0 Å². The Balaban J connectivity index is 0.903. The van der Waals surface area contributed by atoms with Gasteiger partial charge in [0.1, 0.15) is 11.3 Å². The Labute approximate surface area is 384 Å². The van der Waals surface area contributed by atoms with E-state index in [0.717, 1.165) is 44.9 Å². The van der Waals surface area contributed by atoms with Gasteiger partial charge in [-0.15, -0.1) is 0 Å². The average molecular weight is 842 g/mol. The highest BCUT2D eigenvalue weighted by atomic mass is 16.3. The number of hydrogen-bond donors (Lipinski definition) is 0. The van der Waals surface area contributed by atoms with Crippen molar-refractivity contribution in [3.05, 3.63) is 254 Å². The van der Waals surface area contributed by atoms with Crippen molar-refractivity contribution in [1.29, 1.82) is 0 Å². The molecule has 2 aliphatic carbocycles. The van der Waals surface area contributed by atoms with Gasteiger partial charge in [0.05, 0.1) is 5.69 Å². The lowest BCUT2D eigenvalue weighted by Gasteiger charge is -2.28. The Morgan fingerprint density at radius 3 is 1.70 bits per heavy atom. The second kappa shape index (κ2) is 15.7. The molecule has 1 heterocycles. The highest BCUT2D eigenvalue weighted by Crippen LogP contribution is 2.48. The molecule has 13 rings (SSSR count). The molecule has 1 aromatic heterocycles. The zero-order valence-electron chi connectivity index (χ0n) is 36.2. The van der Waals surface area contributed by atoms with Crippen LogP contribution in [0.3, 0.4) is 0 Å². The van der Waals surface area contributed by atoms with E-state index >= 15 is 0 Å². The van der Waals surface area contributed by atoms with E-state index in [9.17, 15) is 0 Å². The van der Waals surface area contributed by atoms with Gasteiger partial charge in [-0.05, 0) is 120 Å². The summed E-state index contributed by atoms with van der Waals surface area (Å²) in [5.74, 6) is 1.53. The summed E-state index contributed by atoms with van der Waals surface area (Å²) in [6.45, 7) is 0. The van der Waals surface area contributed by atoms with Gasteiger partial charge in [-0.1, -0.05) is 200 Å². The predicted octanol–water partition coefficient (Wildman–Crippen LogP) is 17.9. The Bertz CT molecular complexity index is 3750. The van der Waals surface area contributed by atoms with Gasteiger partial charge in [0.25, 0.3) is 0 Å². The van der Waals surface area contributed by atoms with Crippen molar-refractivity contribution in [2.45, 2.75) is 5.92 Å². The molecule has 0 amide bonds. The van der Waals surface area contributed by atoms with Crippen molar-refractivity contribution in [2.75, 3.05) is 4.90 Å². The smallest absolute Gasteiger partial charge is 0.135 e. The Morgan fingerprint density at radius 1 is 0.379 bits per heavy atom. The summed E-state index contributed by atoms with van der Waals surface area (Å²) in [6, 6.07) is 77.5. The molecule has 0 spiro atoms. The normalized spacial score (nSPS) is 15.1. The predicted molar refractivity (Wildman–Crippen MR) is 279 cm³/mol. The lowest BCUT2D eigenvalue weighted by atomic mass is 9.80. The molecule has 310 valence electrons. The molecular weight excluding hydrogens is 799 g/mol. The number of para-hydroxylation sites is 1. The number of fused-ring (bicyclic) bond motifs is 9. The molecule has 0 bridgehead atoms. The summed E-state index contributed by atoms with van der Waals surface area (Å²) in [7, 11) is 0. The lowest BCUT2D eigenvalue weighted by Crippen LogP contribution is -2.12. The summed E-state index contributed by atoms with van der Waals surface area (Å²) in [4.78, 5) is 2.41. The van der Waals surface area contributed by atoms with Crippen molar-refractivity contribution in [1.82, 2.24) is 0 Å². The topological polar surface area (TPSA) is 16.4 Å². The molecule has 0 radical (unpaired) electrons. The molecule has 0 saturated heterocycles. The Hall–Kier alpha value is -8.46. The van der Waals surface area contributed by atoms with Gasteiger partial charge in [-0.2, -0.15) is 0 Å². The van der Waals surface area contributed by atoms with Crippen molar-refractivity contribution in [3.8, 4) is 44.5 Å². The van der Waals surface area contributed by atoms with Crippen LogP contribution in [0.15, 0.2) is 247 Å². The quantitative estimate of drug-likeness (QED) is 0.149. The molecule has 2 unspecified atom stereocenters. The third kappa shape index (κ3) is 6.49. The SMILES string of the molecule is C1=CC2C=Cc3c(oc4cccc(-c5ccccc5N(c5ccc(-c6ccc(-c7ccc8ccccc8c7)cc6)cc5)c5ccc(-c6ccc7c(ccc8ccccc87)c6)cc5)c34)C2C=C1. The average Bonchev–Trinajstić information content (AvgIpc) is 3.79. The third-order valence-electron chi connectivity index (χ3n) is 13.8. The third-order valence-corrected chi connectivity index (χ3v) is 13.8. The molecule has 0 N–H and O–H groups in total. The summed E-state index contributed by atoms with van der Waals surface area (Å²) in [6.07, 6.45) is 13.4. The molecular formula is C64H43NO. The molecule has 2 atom stereocenters. The van der Waals surface area contributed by atoms with Crippen LogP contribution in [0.25, 0.3) is 93.9 Å². The van der Waals surface area contributed by atoms with Gasteiger partial charge < -0.3 is 9.32 Å². The van der Waals surface area contributed by atoms with E-state index in [4.69, 9.17) is 4.42 Å². The first-order chi connectivity index (χ1) is 32.7. The molecule has 11 aromatic rings. The van der Waals surface area contributed by atoms with Crippen molar-refractivity contribution < 1.29 is 4.42 Å². The number of hydrogen-bond acceptors (Lipinski definition) is 2. The van der Waals surface area contributed by atoms with Crippen LogP contribution in [0.1, 0.15) is 17.2 Å². The van der Waals surface area contributed by atoms with Crippen molar-refractivity contribution in [3.63, 3.8) is 0 Å². The van der Waals surface area contributed by atoms with Crippen LogP contribution in [-0.4, -0.2) is 0 Å². The fourth-order valence-corrected chi connectivity index (χ4v) is 10.5. The minimum atomic E-state index is 0.191. The molecule has 0 aliphatic heterocycles. The summed E-state index contributed by atoms with van der Waals surface area (Å²) in [5, 5.41) is 8.72. The number of allylic oxidation sites excluding steroid dienone is 5. The molecule has 66 heavy (non-hydrogen) atoms. The maximum absolute atomic E-state index is 6.75. The van der Waals surface area contributed by atoms with Crippen LogP contribution in [0, 0.1) is 5.92 Å². The van der Waals surface area contributed by atoms with Crippen LogP contribution >= 0.6 is 0 Å². The molecule has 0 fully saturated rings. The van der Waals surface area contributed by atoms with Gasteiger partial charge in [0.2, 0.25) is 0 Å². The molecule has 0 saturated carbocycles. The Morgan fingerprint density at radius 2 is 0.924 bits per heavy atom. The van der Waals surface area contributed by atoms with Gasteiger partial charge in [-0.25, -0.2) is 0 Å². The second-order valence-corrected chi connectivity index (χ2v) is 17.6. The maximum Gasteiger partial charge on any atom is 0.135 e. The van der Waals surface area contributed by atoms with E-state index in [1.807, 2.05) is 0 Å². The van der Waals surface area contributed by atoms with E-state index in [2.05, 4.69) is 254 Å². The van der Waals surface area contributed by atoms with E-state index in [1.165, 1.54) is 71.3 Å². The molecule has 2 aliphatic rings. The molecule has 2 heteroatoms. The largest absolute Gasteiger partial charge is 0.460 e. The first-order valence-electron chi connectivity index (χ1n) is 22.9. The molecule has 10 aromatic carbocycles. The van der Waals surface area contributed by atoms with E-state index in [0.29, 0.717) is 5.92 Å². The summed E-state index contributed by atoms with van der Waals surface area (Å²) >= 11 is 0. The first-order valence-corrected chi connectivity index (χ1v) is 22.9. The highest BCUT2D eigenvalue weighted by Gasteiger charge is 2.30. The maximum atomic E-state index is 6.75. The van der Waals surface area contributed by atoms with E-state index in [1.54, 1.807) is 0 Å². The fourth-order valence-electron chi connectivity index (χ4n) is 10.5. The number of furan rings is 1. The molecule has 2 nitrogen and oxygen atoms in total. The fraction of sp³-hybridized carbons (Fsp3) is 0.0312. The van der Waals surface area contributed by atoms with Crippen molar-refractivity contribution >= 4 is 66.4 Å². The minimum absolute atomic E-state index is 0.191. The van der Waals surface area contributed by atoms with Gasteiger partial charge in [-0.3, -0.25) is 0 Å². The Kier molecular flexibility index (Phi) is 9.02. The first kappa shape index (κ1) is 38.0. The number of anilines is 3. The van der Waals surface area contributed by atoms with Crippen LogP contribution in [0.2, 0.25) is 0 Å². The lowest BCUT2D eigenvalue weighted by molar-refractivity contribution is 0.492. The van der Waals surface area contributed by atoms with E-state index < -0.39 is 0 Å². The van der Waals surface area contributed by atoms with Crippen molar-refractivity contribution in [2.24, 2.45) is 5.92 Å². The van der Waals surface area contributed by atoms with Crippen LogP contribution < -0.4 is 4.90 Å². The zero-order valence-corrected chi connectivity index (χ0v) is 36.2.